The minimum Gasteiger partial charge on any atom is -0.353 e. The van der Waals surface area contributed by atoms with Crippen molar-refractivity contribution in [2.75, 3.05) is 13.1 Å². The maximum atomic E-state index is 11.9. The first-order chi connectivity index (χ1) is 9.06. The van der Waals surface area contributed by atoms with Crippen molar-refractivity contribution in [3.05, 3.63) is 35.4 Å². The molecule has 1 aliphatic heterocycles. The molecule has 1 aliphatic rings. The van der Waals surface area contributed by atoms with E-state index in [4.69, 9.17) is 0 Å². The van der Waals surface area contributed by atoms with Gasteiger partial charge in [0.1, 0.15) is 0 Å². The maximum absolute atomic E-state index is 11.9. The Morgan fingerprint density at radius 1 is 1.37 bits per heavy atom. The zero-order chi connectivity index (χ0) is 13.8. The molecule has 3 heteroatoms. The molecule has 0 spiro atoms. The maximum Gasteiger partial charge on any atom is 0.234 e. The van der Waals surface area contributed by atoms with E-state index in [0.717, 1.165) is 13.0 Å². The molecule has 3 nitrogen and oxygen atoms in total. The lowest BCUT2D eigenvalue weighted by Gasteiger charge is -2.24. The minimum atomic E-state index is 0.133. The fourth-order valence-corrected chi connectivity index (χ4v) is 2.73. The topological polar surface area (TPSA) is 32.3 Å². The number of hydrogen-bond donors (Lipinski definition) is 1. The van der Waals surface area contributed by atoms with E-state index >= 15 is 0 Å². The van der Waals surface area contributed by atoms with Gasteiger partial charge in [-0.25, -0.2) is 0 Å². The predicted molar refractivity (Wildman–Crippen MR) is 78.0 cm³/mol. The lowest BCUT2D eigenvalue weighted by Crippen LogP contribution is -2.39. The number of likely N-dealkylation sites (tertiary alicyclic amines) is 1. The van der Waals surface area contributed by atoms with E-state index in [1.807, 2.05) is 13.8 Å². The van der Waals surface area contributed by atoms with Crippen LogP contribution in [0.2, 0.25) is 0 Å². The molecule has 0 unspecified atom stereocenters. The van der Waals surface area contributed by atoms with Crippen LogP contribution in [0.3, 0.4) is 0 Å². The summed E-state index contributed by atoms with van der Waals surface area (Å²) in [6.07, 6.45) is 2.32. The molecule has 0 aromatic heterocycles. The number of nitrogens with one attached hydrogen (secondary N) is 1. The first-order valence-electron chi connectivity index (χ1n) is 7.16. The third-order valence-corrected chi connectivity index (χ3v) is 3.62. The molecule has 1 heterocycles. The molecule has 2 rings (SSSR count). The van der Waals surface area contributed by atoms with E-state index in [1.54, 1.807) is 0 Å². The Kier molecular flexibility index (Phi) is 4.59. The fourth-order valence-electron chi connectivity index (χ4n) is 2.73. The van der Waals surface area contributed by atoms with Crippen LogP contribution in [0.25, 0.3) is 0 Å². The molecule has 0 bridgehead atoms. The Balaban J connectivity index is 2.00. The number of carbonyl (C=O) groups excluding carboxylic acids is 1. The molecule has 1 aromatic rings. The minimum absolute atomic E-state index is 0.133. The van der Waals surface area contributed by atoms with Crippen LogP contribution in [0.5, 0.6) is 0 Å². The van der Waals surface area contributed by atoms with E-state index in [0.29, 0.717) is 12.6 Å². The number of carbonyl (C=O) groups is 1. The van der Waals surface area contributed by atoms with E-state index in [1.165, 1.54) is 17.5 Å². The van der Waals surface area contributed by atoms with Gasteiger partial charge < -0.3 is 5.32 Å². The van der Waals surface area contributed by atoms with Crippen LogP contribution < -0.4 is 5.32 Å². The summed E-state index contributed by atoms with van der Waals surface area (Å²) in [6.45, 7) is 7.63. The van der Waals surface area contributed by atoms with Crippen LogP contribution in [0.1, 0.15) is 43.9 Å². The van der Waals surface area contributed by atoms with Crippen molar-refractivity contribution in [3.63, 3.8) is 0 Å². The average molecular weight is 260 g/mol. The van der Waals surface area contributed by atoms with Crippen LogP contribution in [-0.4, -0.2) is 29.9 Å². The van der Waals surface area contributed by atoms with Gasteiger partial charge >= 0.3 is 0 Å². The quantitative estimate of drug-likeness (QED) is 0.902. The zero-order valence-electron chi connectivity index (χ0n) is 12.1. The second-order valence-corrected chi connectivity index (χ2v) is 5.76. The monoisotopic (exact) mass is 260 g/mol. The molecule has 0 radical (unpaired) electrons. The fraction of sp³-hybridized carbons (Fsp3) is 0.562. The first kappa shape index (κ1) is 14.1. The Bertz CT molecular complexity index is 425. The van der Waals surface area contributed by atoms with Crippen molar-refractivity contribution in [2.45, 2.75) is 45.7 Å². The van der Waals surface area contributed by atoms with Crippen LogP contribution >= 0.6 is 0 Å². The summed E-state index contributed by atoms with van der Waals surface area (Å²) in [7, 11) is 0. The van der Waals surface area contributed by atoms with Gasteiger partial charge in [0.05, 0.1) is 6.54 Å². The molecule has 0 aliphatic carbocycles. The molecule has 1 fully saturated rings. The Morgan fingerprint density at radius 3 is 2.68 bits per heavy atom. The van der Waals surface area contributed by atoms with Gasteiger partial charge in [0.15, 0.2) is 0 Å². The molecule has 104 valence electrons. The van der Waals surface area contributed by atoms with Crippen LogP contribution in [0.15, 0.2) is 24.3 Å². The van der Waals surface area contributed by atoms with Crippen molar-refractivity contribution in [3.8, 4) is 0 Å². The van der Waals surface area contributed by atoms with Gasteiger partial charge in [0, 0.05) is 12.1 Å². The highest BCUT2D eigenvalue weighted by molar-refractivity contribution is 5.78. The van der Waals surface area contributed by atoms with Crippen molar-refractivity contribution < 1.29 is 4.79 Å². The van der Waals surface area contributed by atoms with Crippen molar-refractivity contribution in [2.24, 2.45) is 0 Å². The van der Waals surface area contributed by atoms with Gasteiger partial charge in [-0.1, -0.05) is 29.8 Å². The van der Waals surface area contributed by atoms with Gasteiger partial charge in [-0.05, 0) is 45.7 Å². The summed E-state index contributed by atoms with van der Waals surface area (Å²) in [4.78, 5) is 14.2. The molecule has 19 heavy (non-hydrogen) atoms. The Morgan fingerprint density at radius 2 is 2.05 bits per heavy atom. The van der Waals surface area contributed by atoms with E-state index < -0.39 is 0 Å². The van der Waals surface area contributed by atoms with Crippen molar-refractivity contribution >= 4 is 5.91 Å². The number of aryl methyl sites for hydroxylation is 1. The summed E-state index contributed by atoms with van der Waals surface area (Å²) >= 11 is 0. The zero-order valence-corrected chi connectivity index (χ0v) is 12.1. The summed E-state index contributed by atoms with van der Waals surface area (Å²) < 4.78 is 0. The van der Waals surface area contributed by atoms with Gasteiger partial charge in [-0.2, -0.15) is 0 Å². The number of hydrogen-bond acceptors (Lipinski definition) is 2. The molecule has 1 N–H and O–H groups in total. The summed E-state index contributed by atoms with van der Waals surface area (Å²) in [5.41, 5.74) is 2.62. The molecule has 1 aromatic carbocycles. The second-order valence-electron chi connectivity index (χ2n) is 5.76. The van der Waals surface area contributed by atoms with Gasteiger partial charge in [0.25, 0.3) is 0 Å². The highest BCUT2D eigenvalue weighted by Crippen LogP contribution is 2.31. The summed E-state index contributed by atoms with van der Waals surface area (Å²) in [6, 6.07) is 9.31. The highest BCUT2D eigenvalue weighted by atomic mass is 16.2. The third kappa shape index (κ3) is 3.80. The SMILES string of the molecule is Cc1ccc([C@@H]2CCCN2CC(=O)NC(C)C)cc1. The summed E-state index contributed by atoms with van der Waals surface area (Å²) in [5.74, 6) is 0.133. The normalized spacial score (nSPS) is 19.9. The lowest BCUT2D eigenvalue weighted by atomic mass is 10.0. The Hall–Kier alpha value is -1.35. The van der Waals surface area contributed by atoms with E-state index in [-0.39, 0.29) is 11.9 Å². The van der Waals surface area contributed by atoms with Crippen LogP contribution in [0, 0.1) is 6.92 Å². The van der Waals surface area contributed by atoms with E-state index in [9.17, 15) is 4.79 Å². The van der Waals surface area contributed by atoms with E-state index in [2.05, 4.69) is 41.4 Å². The van der Waals surface area contributed by atoms with Crippen LogP contribution in [0.4, 0.5) is 0 Å². The molecular weight excluding hydrogens is 236 g/mol. The molecule has 1 saturated heterocycles. The number of rotatable bonds is 4. The number of benzene rings is 1. The lowest BCUT2D eigenvalue weighted by molar-refractivity contribution is -0.122. The molecule has 1 atom stereocenters. The predicted octanol–water partition coefficient (Wildman–Crippen LogP) is 2.66. The third-order valence-electron chi connectivity index (χ3n) is 3.62. The Labute approximate surface area is 116 Å². The van der Waals surface area contributed by atoms with Crippen LogP contribution in [-0.2, 0) is 4.79 Å². The van der Waals surface area contributed by atoms with Gasteiger partial charge in [-0.3, -0.25) is 9.69 Å². The summed E-state index contributed by atoms with van der Waals surface area (Å²) in [5, 5.41) is 2.97. The van der Waals surface area contributed by atoms with Gasteiger partial charge in [0.2, 0.25) is 5.91 Å². The standard InChI is InChI=1S/C16H24N2O/c1-12(2)17-16(19)11-18-10-4-5-15(18)14-8-6-13(3)7-9-14/h6-9,12,15H,4-5,10-11H2,1-3H3,(H,17,19)/t15-/m0/s1. The molecule has 1 amide bonds. The average Bonchev–Trinajstić information content (AvgIpc) is 2.77. The highest BCUT2D eigenvalue weighted by Gasteiger charge is 2.27. The van der Waals surface area contributed by atoms with Gasteiger partial charge in [-0.15, -0.1) is 0 Å². The largest absolute Gasteiger partial charge is 0.353 e. The molecule has 0 saturated carbocycles. The smallest absolute Gasteiger partial charge is 0.234 e. The molecular formula is C16H24N2O. The van der Waals surface area contributed by atoms with Crippen molar-refractivity contribution in [1.82, 2.24) is 10.2 Å². The van der Waals surface area contributed by atoms with Crippen molar-refractivity contribution in [1.29, 1.82) is 0 Å². The number of nitrogens with zero attached hydrogens (tertiary/aromatic N) is 1. The second kappa shape index (κ2) is 6.20. The number of amides is 1. The first-order valence-corrected chi connectivity index (χ1v) is 7.16.